The van der Waals surface area contributed by atoms with Crippen molar-refractivity contribution in [3.63, 3.8) is 0 Å². The summed E-state index contributed by atoms with van der Waals surface area (Å²) in [4.78, 5) is 25.0. The summed E-state index contributed by atoms with van der Waals surface area (Å²) in [6, 6.07) is 0. The molecule has 0 spiro atoms. The Bertz CT molecular complexity index is 855. The molecule has 0 aliphatic heterocycles. The molecule has 5 aliphatic carbocycles. The van der Waals surface area contributed by atoms with Crippen molar-refractivity contribution in [2.24, 2.45) is 51.2 Å². The molecule has 0 N–H and O–H groups in total. The van der Waals surface area contributed by atoms with Crippen molar-refractivity contribution in [1.29, 1.82) is 0 Å². The van der Waals surface area contributed by atoms with Gasteiger partial charge in [-0.2, -0.15) is 0 Å². The summed E-state index contributed by atoms with van der Waals surface area (Å²) in [6.45, 7) is 18.5. The molecule has 5 saturated carbocycles. The zero-order valence-electron chi connectivity index (χ0n) is 20.3. The molecule has 5 fully saturated rings. The summed E-state index contributed by atoms with van der Waals surface area (Å²) in [7, 11) is 0. The number of Topliss-reactive ketones (excluding diaryl/α,β-unsaturated/α-hetero) is 1. The first kappa shape index (κ1) is 21.7. The lowest BCUT2D eigenvalue weighted by atomic mass is 9.33. The van der Waals surface area contributed by atoms with E-state index in [1.54, 1.807) is 0 Å². The fourth-order valence-corrected chi connectivity index (χ4v) is 10.4. The molecular weight excluding hydrogens is 380 g/mol. The van der Waals surface area contributed by atoms with E-state index in [1.165, 1.54) is 37.5 Å². The monoisotopic (exact) mass is 422 g/mol. The molecule has 5 aliphatic rings. The van der Waals surface area contributed by atoms with Gasteiger partial charge >= 0.3 is 0 Å². The van der Waals surface area contributed by atoms with E-state index in [9.17, 15) is 9.59 Å². The Hall–Kier alpha value is -1.18. The van der Waals surface area contributed by atoms with Crippen molar-refractivity contribution < 1.29 is 9.59 Å². The van der Waals surface area contributed by atoms with Crippen molar-refractivity contribution in [3.8, 4) is 0 Å². The number of aldehydes is 1. The average molecular weight is 423 g/mol. The predicted octanol–water partition coefficient (Wildman–Crippen LogP) is 6.94. The molecule has 0 heterocycles. The van der Waals surface area contributed by atoms with E-state index >= 15 is 0 Å². The zero-order chi connectivity index (χ0) is 22.4. The number of hydrogen-bond acceptors (Lipinski definition) is 2. The van der Waals surface area contributed by atoms with Gasteiger partial charge in [0.05, 0.1) is 0 Å². The molecule has 5 rings (SSSR count). The second-order valence-electron chi connectivity index (χ2n) is 13.0. The maximum atomic E-state index is 12.5. The molecular formula is C29H42O2. The minimum atomic E-state index is -0.108. The third kappa shape index (κ3) is 2.51. The Morgan fingerprint density at radius 3 is 2.39 bits per heavy atom. The summed E-state index contributed by atoms with van der Waals surface area (Å²) < 4.78 is 0. The van der Waals surface area contributed by atoms with Gasteiger partial charge in [0.25, 0.3) is 0 Å². The number of fused-ring (bicyclic) bond motifs is 7. The average Bonchev–Trinajstić information content (AvgIpc) is 3.12. The van der Waals surface area contributed by atoms with Crippen LogP contribution in [0.1, 0.15) is 91.9 Å². The molecule has 31 heavy (non-hydrogen) atoms. The van der Waals surface area contributed by atoms with Crippen LogP contribution in [-0.4, -0.2) is 12.1 Å². The topological polar surface area (TPSA) is 34.1 Å². The summed E-state index contributed by atoms with van der Waals surface area (Å²) >= 11 is 0. The van der Waals surface area contributed by atoms with Gasteiger partial charge in [0.2, 0.25) is 0 Å². The number of hydrogen-bond donors (Lipinski definition) is 0. The quantitative estimate of drug-likeness (QED) is 0.274. The molecule has 2 unspecified atom stereocenters. The highest BCUT2D eigenvalue weighted by Gasteiger charge is 2.69. The Labute approximate surface area is 189 Å². The maximum absolute atomic E-state index is 12.5. The number of carbonyl (C=O) groups is 2. The zero-order valence-corrected chi connectivity index (χ0v) is 20.3. The second-order valence-corrected chi connectivity index (χ2v) is 13.0. The minimum absolute atomic E-state index is 0.108. The van der Waals surface area contributed by atoms with E-state index in [0.717, 1.165) is 37.7 Å². The van der Waals surface area contributed by atoms with Gasteiger partial charge in [-0.3, -0.25) is 4.79 Å². The van der Waals surface area contributed by atoms with Crippen molar-refractivity contribution in [2.45, 2.75) is 91.9 Å². The van der Waals surface area contributed by atoms with Gasteiger partial charge in [0, 0.05) is 11.8 Å². The fraction of sp³-hybridized carbons (Fsp3) is 0.793. The summed E-state index contributed by atoms with van der Waals surface area (Å²) in [5.41, 5.74) is 2.85. The molecule has 9 atom stereocenters. The van der Waals surface area contributed by atoms with Crippen LogP contribution in [0.2, 0.25) is 0 Å². The van der Waals surface area contributed by atoms with Crippen LogP contribution >= 0.6 is 0 Å². The largest absolute Gasteiger partial charge is 0.303 e. The lowest BCUT2D eigenvalue weighted by Crippen LogP contribution is -2.64. The summed E-state index contributed by atoms with van der Waals surface area (Å²) in [5, 5.41) is 0. The van der Waals surface area contributed by atoms with E-state index in [0.29, 0.717) is 41.8 Å². The standard InChI is InChI=1S/C29H42O2/c1-18(2)20-9-14-29(17-30)16-15-27(5)22(25(20)29)7-8-24-26(4)12-11-23(31)19(3)21(26)10-13-28(24,27)6/h17,20-22,24-25H,1,3,7-16H2,2,4-6H3/t20-,21-,22?,24+,25?,26-,27+,28+,29+/m0/s1. The molecule has 0 aromatic rings. The molecule has 0 aromatic heterocycles. The van der Waals surface area contributed by atoms with Crippen LogP contribution in [0.15, 0.2) is 24.3 Å². The highest BCUT2D eigenvalue weighted by atomic mass is 16.1. The lowest BCUT2D eigenvalue weighted by molar-refractivity contribution is -0.215. The van der Waals surface area contributed by atoms with Gasteiger partial charge in [-0.1, -0.05) is 39.5 Å². The molecule has 2 nitrogen and oxygen atoms in total. The van der Waals surface area contributed by atoms with Gasteiger partial charge in [0.1, 0.15) is 6.29 Å². The Balaban J connectivity index is 1.56. The first-order valence-electron chi connectivity index (χ1n) is 12.9. The van der Waals surface area contributed by atoms with Crippen LogP contribution in [0.5, 0.6) is 0 Å². The van der Waals surface area contributed by atoms with Crippen molar-refractivity contribution in [2.75, 3.05) is 0 Å². The molecule has 2 heteroatoms. The molecule has 0 aromatic carbocycles. The number of carbonyl (C=O) groups excluding carboxylic acids is 2. The molecule has 0 radical (unpaired) electrons. The fourth-order valence-electron chi connectivity index (χ4n) is 10.4. The number of allylic oxidation sites excluding steroid dienone is 2. The first-order chi connectivity index (χ1) is 14.5. The van der Waals surface area contributed by atoms with E-state index in [1.807, 2.05) is 0 Å². The molecule has 0 amide bonds. The Morgan fingerprint density at radius 2 is 1.71 bits per heavy atom. The molecule has 170 valence electrons. The van der Waals surface area contributed by atoms with E-state index in [2.05, 4.69) is 40.9 Å². The van der Waals surface area contributed by atoms with Crippen molar-refractivity contribution in [1.82, 2.24) is 0 Å². The first-order valence-corrected chi connectivity index (χ1v) is 12.9. The maximum Gasteiger partial charge on any atom is 0.158 e. The van der Waals surface area contributed by atoms with Gasteiger partial charge in [-0.15, -0.1) is 0 Å². The van der Waals surface area contributed by atoms with Crippen LogP contribution < -0.4 is 0 Å². The van der Waals surface area contributed by atoms with E-state index in [-0.39, 0.29) is 21.7 Å². The SMILES string of the molecule is C=C(C)[C@@H]1CC[C@]2(C=O)CC[C@]3(C)C(CC[C@@H]4[C@@]5(C)CCC(=O)C(=C)[C@@H]5CC[C@]43C)C12. The van der Waals surface area contributed by atoms with Gasteiger partial charge in [0.15, 0.2) is 5.78 Å². The summed E-state index contributed by atoms with van der Waals surface area (Å²) in [6.07, 6.45) is 12.3. The highest BCUT2D eigenvalue weighted by molar-refractivity contribution is 5.96. The van der Waals surface area contributed by atoms with E-state index in [4.69, 9.17) is 0 Å². The normalized spacial score (nSPS) is 53.7. The van der Waals surface area contributed by atoms with Crippen LogP contribution in [-0.2, 0) is 9.59 Å². The number of rotatable bonds is 2. The van der Waals surface area contributed by atoms with Crippen LogP contribution in [0, 0.1) is 51.2 Å². The van der Waals surface area contributed by atoms with Gasteiger partial charge in [-0.25, -0.2) is 0 Å². The van der Waals surface area contributed by atoms with Gasteiger partial charge in [-0.05, 0) is 116 Å². The molecule has 0 bridgehead atoms. The highest BCUT2D eigenvalue weighted by Crippen LogP contribution is 2.76. The summed E-state index contributed by atoms with van der Waals surface area (Å²) in [5.74, 6) is 2.94. The smallest absolute Gasteiger partial charge is 0.158 e. The predicted molar refractivity (Wildman–Crippen MR) is 125 cm³/mol. The third-order valence-electron chi connectivity index (χ3n) is 12.3. The van der Waals surface area contributed by atoms with Crippen LogP contribution in [0.4, 0.5) is 0 Å². The Morgan fingerprint density at radius 1 is 0.968 bits per heavy atom. The minimum Gasteiger partial charge on any atom is -0.303 e. The van der Waals surface area contributed by atoms with Crippen LogP contribution in [0.3, 0.4) is 0 Å². The molecule has 0 saturated heterocycles. The van der Waals surface area contributed by atoms with Gasteiger partial charge < -0.3 is 4.79 Å². The number of ketones is 1. The van der Waals surface area contributed by atoms with Crippen molar-refractivity contribution in [3.05, 3.63) is 24.3 Å². The second kappa shape index (κ2) is 6.67. The van der Waals surface area contributed by atoms with E-state index < -0.39 is 0 Å². The van der Waals surface area contributed by atoms with Crippen LogP contribution in [0.25, 0.3) is 0 Å². The lowest BCUT2D eigenvalue weighted by Gasteiger charge is -2.71. The third-order valence-corrected chi connectivity index (χ3v) is 12.3. The van der Waals surface area contributed by atoms with Crippen molar-refractivity contribution >= 4 is 12.1 Å². The Kier molecular flexibility index (Phi) is 4.66.